The number of likely N-dealkylation sites (tertiary alicyclic amines) is 1. The fourth-order valence-corrected chi connectivity index (χ4v) is 5.08. The van der Waals surface area contributed by atoms with E-state index in [9.17, 15) is 9.90 Å². The van der Waals surface area contributed by atoms with Gasteiger partial charge in [-0.25, -0.2) is 0 Å². The number of carbonyl (C=O) groups excluding carboxylic acids is 1. The lowest BCUT2D eigenvalue weighted by Crippen LogP contribution is -2.64. The summed E-state index contributed by atoms with van der Waals surface area (Å²) in [5, 5.41) is 10.2. The summed E-state index contributed by atoms with van der Waals surface area (Å²) in [5.74, 6) is 1.07. The van der Waals surface area contributed by atoms with Crippen molar-refractivity contribution in [2.45, 2.75) is 30.4 Å². The largest absolute Gasteiger partial charge is 0.504 e. The molecule has 21 heavy (non-hydrogen) atoms. The van der Waals surface area contributed by atoms with Crippen LogP contribution in [0.1, 0.15) is 17.5 Å². The van der Waals surface area contributed by atoms with Gasteiger partial charge in [-0.05, 0) is 44.1 Å². The van der Waals surface area contributed by atoms with Crippen LogP contribution in [0.2, 0.25) is 0 Å². The summed E-state index contributed by atoms with van der Waals surface area (Å²) in [6.45, 7) is 0.969. The van der Waals surface area contributed by atoms with Crippen LogP contribution >= 0.6 is 0 Å². The van der Waals surface area contributed by atoms with Crippen LogP contribution in [-0.2, 0) is 16.6 Å². The maximum absolute atomic E-state index is 12.4. The highest BCUT2D eigenvalue weighted by atomic mass is 16.5. The highest BCUT2D eigenvalue weighted by Gasteiger charge is 2.64. The number of rotatable bonds is 0. The monoisotopic (exact) mass is 283 g/mol. The first-order chi connectivity index (χ1) is 10.1. The van der Waals surface area contributed by atoms with Crippen molar-refractivity contribution in [2.75, 3.05) is 13.6 Å². The lowest BCUT2D eigenvalue weighted by Gasteiger charge is -2.55. The number of ether oxygens (including phenoxy) is 1. The first kappa shape index (κ1) is 11.8. The minimum Gasteiger partial charge on any atom is -0.504 e. The van der Waals surface area contributed by atoms with Gasteiger partial charge in [-0.1, -0.05) is 12.1 Å². The second kappa shape index (κ2) is 3.50. The Hall–Kier alpha value is -1.81. The zero-order valence-corrected chi connectivity index (χ0v) is 11.9. The van der Waals surface area contributed by atoms with Crippen molar-refractivity contribution in [1.29, 1.82) is 0 Å². The summed E-state index contributed by atoms with van der Waals surface area (Å²) in [5.41, 5.74) is 2.09. The Balaban J connectivity index is 1.87. The predicted molar refractivity (Wildman–Crippen MR) is 76.6 cm³/mol. The van der Waals surface area contributed by atoms with Gasteiger partial charge in [0.05, 0.1) is 5.41 Å². The van der Waals surface area contributed by atoms with Crippen molar-refractivity contribution < 1.29 is 14.6 Å². The normalized spacial score (nSPS) is 39.1. The fourth-order valence-electron chi connectivity index (χ4n) is 5.08. The van der Waals surface area contributed by atoms with Gasteiger partial charge in [-0.15, -0.1) is 0 Å². The number of likely N-dealkylation sites (N-methyl/N-ethyl adjacent to an activating group) is 1. The SMILES string of the molecule is CN1CC[C@]23c4c5ccc(O)c4O[C@H]2C(=O)C=C[C@H]3[C@H]1C5. The molecule has 2 heterocycles. The van der Waals surface area contributed by atoms with E-state index in [-0.39, 0.29) is 16.9 Å². The van der Waals surface area contributed by atoms with Gasteiger partial charge in [0.25, 0.3) is 0 Å². The standard InChI is InChI=1S/C17H17NO3/c1-18-7-6-17-10-3-5-13(20)16(17)21-15-12(19)4-2-9(14(15)17)8-11(10)18/h2-5,10-11,16,19H,6-8H2,1H3/t10-,11+,16-,17-/m0/s1. The smallest absolute Gasteiger partial charge is 0.196 e. The first-order valence-corrected chi connectivity index (χ1v) is 7.57. The van der Waals surface area contributed by atoms with Crippen LogP contribution < -0.4 is 4.74 Å². The zero-order chi connectivity index (χ0) is 14.4. The number of piperidine rings is 1. The van der Waals surface area contributed by atoms with Crippen molar-refractivity contribution >= 4 is 5.78 Å². The number of ketones is 1. The fraction of sp³-hybridized carbons (Fsp3) is 0.471. The van der Waals surface area contributed by atoms with Gasteiger partial charge in [0.2, 0.25) is 0 Å². The molecular weight excluding hydrogens is 266 g/mol. The highest BCUT2D eigenvalue weighted by molar-refractivity contribution is 5.98. The minimum atomic E-state index is -0.453. The number of phenolic OH excluding ortho intramolecular Hbond substituents is 1. The first-order valence-electron chi connectivity index (χ1n) is 7.57. The molecule has 0 amide bonds. The number of phenols is 1. The number of hydrogen-bond donors (Lipinski definition) is 1. The maximum Gasteiger partial charge on any atom is 0.196 e. The van der Waals surface area contributed by atoms with Gasteiger partial charge in [0, 0.05) is 17.5 Å². The van der Waals surface area contributed by atoms with E-state index < -0.39 is 6.10 Å². The zero-order valence-electron chi connectivity index (χ0n) is 11.9. The molecule has 1 spiro atoms. The molecule has 1 aromatic carbocycles. The average Bonchev–Trinajstić information content (AvgIpc) is 2.83. The molecule has 5 rings (SSSR count). The van der Waals surface area contributed by atoms with Crippen LogP contribution in [0.4, 0.5) is 0 Å². The Morgan fingerprint density at radius 3 is 3.14 bits per heavy atom. The number of nitrogens with zero attached hydrogens (tertiary/aromatic N) is 1. The Morgan fingerprint density at radius 1 is 1.43 bits per heavy atom. The van der Waals surface area contributed by atoms with E-state index in [1.165, 1.54) is 5.56 Å². The summed E-state index contributed by atoms with van der Waals surface area (Å²) >= 11 is 0. The van der Waals surface area contributed by atoms with Gasteiger partial charge in [-0.2, -0.15) is 0 Å². The van der Waals surface area contributed by atoms with Crippen LogP contribution in [0.25, 0.3) is 0 Å². The Bertz CT molecular complexity index is 710. The summed E-state index contributed by atoms with van der Waals surface area (Å²) < 4.78 is 5.99. The molecule has 108 valence electrons. The minimum absolute atomic E-state index is 0.0398. The predicted octanol–water partition coefficient (Wildman–Crippen LogP) is 1.41. The molecular formula is C17H17NO3. The van der Waals surface area contributed by atoms with Crippen LogP contribution in [-0.4, -0.2) is 41.5 Å². The second-order valence-corrected chi connectivity index (χ2v) is 6.78. The van der Waals surface area contributed by atoms with Crippen LogP contribution in [0.15, 0.2) is 24.3 Å². The van der Waals surface area contributed by atoms with Gasteiger partial charge in [-0.3, -0.25) is 4.79 Å². The number of carbonyl (C=O) groups is 1. The number of aromatic hydroxyl groups is 1. The third-order valence-electron chi connectivity index (χ3n) is 6.00. The molecule has 4 aliphatic rings. The molecule has 4 heteroatoms. The van der Waals surface area contributed by atoms with Crippen molar-refractivity contribution in [2.24, 2.45) is 5.92 Å². The summed E-state index contributed by atoms with van der Waals surface area (Å²) in [6.07, 6.45) is 5.19. The summed E-state index contributed by atoms with van der Waals surface area (Å²) in [7, 11) is 2.17. The molecule has 4 nitrogen and oxygen atoms in total. The van der Waals surface area contributed by atoms with Crippen molar-refractivity contribution in [1.82, 2.24) is 4.90 Å². The molecule has 0 saturated carbocycles. The molecule has 2 aliphatic carbocycles. The molecule has 1 N–H and O–H groups in total. The maximum atomic E-state index is 12.4. The van der Waals surface area contributed by atoms with Crippen LogP contribution in [0.3, 0.4) is 0 Å². The highest BCUT2D eigenvalue weighted by Crippen LogP contribution is 2.61. The van der Waals surface area contributed by atoms with Crippen molar-refractivity contribution in [3.63, 3.8) is 0 Å². The van der Waals surface area contributed by atoms with E-state index in [1.807, 2.05) is 6.07 Å². The molecule has 0 radical (unpaired) electrons. The molecule has 0 unspecified atom stereocenters. The van der Waals surface area contributed by atoms with Crippen LogP contribution in [0, 0.1) is 5.92 Å². The van der Waals surface area contributed by atoms with E-state index in [0.717, 1.165) is 24.9 Å². The van der Waals surface area contributed by atoms with E-state index in [4.69, 9.17) is 4.74 Å². The molecule has 1 saturated heterocycles. The topological polar surface area (TPSA) is 49.8 Å². The molecule has 2 aliphatic heterocycles. The summed E-state index contributed by atoms with van der Waals surface area (Å²) in [4.78, 5) is 14.8. The third-order valence-corrected chi connectivity index (χ3v) is 6.00. The van der Waals surface area contributed by atoms with Gasteiger partial charge < -0.3 is 14.7 Å². The van der Waals surface area contributed by atoms with Crippen LogP contribution in [0.5, 0.6) is 11.5 Å². The third kappa shape index (κ3) is 1.16. The number of hydrogen-bond acceptors (Lipinski definition) is 4. The van der Waals surface area contributed by atoms with Gasteiger partial charge >= 0.3 is 0 Å². The Morgan fingerprint density at radius 2 is 2.29 bits per heavy atom. The van der Waals surface area contributed by atoms with E-state index >= 15 is 0 Å². The molecule has 1 aromatic rings. The second-order valence-electron chi connectivity index (χ2n) is 6.78. The van der Waals surface area contributed by atoms with E-state index in [0.29, 0.717) is 17.7 Å². The molecule has 1 fully saturated rings. The van der Waals surface area contributed by atoms with Crippen molar-refractivity contribution in [3.05, 3.63) is 35.4 Å². The lowest BCUT2D eigenvalue weighted by atomic mass is 9.53. The average molecular weight is 283 g/mol. The van der Waals surface area contributed by atoms with E-state index in [1.54, 1.807) is 12.1 Å². The molecule has 2 bridgehead atoms. The van der Waals surface area contributed by atoms with Gasteiger partial charge in [0.1, 0.15) is 0 Å². The van der Waals surface area contributed by atoms with Crippen molar-refractivity contribution in [3.8, 4) is 11.5 Å². The number of benzene rings is 1. The quantitative estimate of drug-likeness (QED) is 0.782. The van der Waals surface area contributed by atoms with Gasteiger partial charge in [0.15, 0.2) is 23.4 Å². The molecule has 4 atom stereocenters. The lowest BCUT2D eigenvalue weighted by molar-refractivity contribution is -0.127. The Kier molecular flexibility index (Phi) is 1.97. The Labute approximate surface area is 123 Å². The summed E-state index contributed by atoms with van der Waals surface area (Å²) in [6, 6.07) is 4.13. The molecule has 0 aromatic heterocycles. The van der Waals surface area contributed by atoms with E-state index in [2.05, 4.69) is 18.0 Å².